The molecule has 0 radical (unpaired) electrons. The van der Waals surface area contributed by atoms with Crippen molar-refractivity contribution in [3.8, 4) is 0 Å². The van der Waals surface area contributed by atoms with Crippen LogP contribution in [0.5, 0.6) is 0 Å². The number of nitrogens with zero attached hydrogens (tertiary/aromatic N) is 1. The molecule has 96 valence electrons. The standard InChI is InChI=1S/C13H21NO2S/c1-4-14(17(15,16)12(2)3)11-10-13-8-6-5-7-9-13/h5-9,12H,4,10-11H2,1-3H3. The summed E-state index contributed by atoms with van der Waals surface area (Å²) in [6, 6.07) is 9.96. The Kier molecular flexibility index (Phi) is 5.15. The number of benzene rings is 1. The summed E-state index contributed by atoms with van der Waals surface area (Å²) in [7, 11) is -3.13. The average Bonchev–Trinajstić information content (AvgIpc) is 2.30. The zero-order valence-electron chi connectivity index (χ0n) is 10.8. The number of likely N-dealkylation sites (N-methyl/N-ethyl adjacent to an activating group) is 1. The summed E-state index contributed by atoms with van der Waals surface area (Å²) in [5.41, 5.74) is 1.17. The molecule has 0 N–H and O–H groups in total. The highest BCUT2D eigenvalue weighted by atomic mass is 32.2. The molecule has 17 heavy (non-hydrogen) atoms. The van der Waals surface area contributed by atoms with Crippen molar-refractivity contribution in [1.29, 1.82) is 0 Å². The maximum Gasteiger partial charge on any atom is 0.216 e. The van der Waals surface area contributed by atoms with Crippen LogP contribution in [0.1, 0.15) is 26.3 Å². The Morgan fingerprint density at radius 3 is 2.24 bits per heavy atom. The number of hydrogen-bond acceptors (Lipinski definition) is 2. The molecule has 1 rings (SSSR count). The minimum Gasteiger partial charge on any atom is -0.212 e. The van der Waals surface area contributed by atoms with Crippen molar-refractivity contribution >= 4 is 10.0 Å². The van der Waals surface area contributed by atoms with E-state index in [9.17, 15) is 8.42 Å². The van der Waals surface area contributed by atoms with E-state index in [1.165, 1.54) is 5.56 Å². The van der Waals surface area contributed by atoms with E-state index >= 15 is 0 Å². The van der Waals surface area contributed by atoms with Crippen molar-refractivity contribution in [2.75, 3.05) is 13.1 Å². The van der Waals surface area contributed by atoms with Crippen LogP contribution in [0.2, 0.25) is 0 Å². The van der Waals surface area contributed by atoms with Crippen LogP contribution in [0.25, 0.3) is 0 Å². The topological polar surface area (TPSA) is 37.4 Å². The van der Waals surface area contributed by atoms with Gasteiger partial charge in [0.2, 0.25) is 10.0 Å². The number of sulfonamides is 1. The highest BCUT2D eigenvalue weighted by molar-refractivity contribution is 7.89. The fraction of sp³-hybridized carbons (Fsp3) is 0.538. The van der Waals surface area contributed by atoms with Gasteiger partial charge in [-0.05, 0) is 25.8 Å². The lowest BCUT2D eigenvalue weighted by atomic mass is 10.1. The van der Waals surface area contributed by atoms with Crippen molar-refractivity contribution in [2.45, 2.75) is 32.4 Å². The fourth-order valence-electron chi connectivity index (χ4n) is 1.66. The number of hydrogen-bond donors (Lipinski definition) is 0. The summed E-state index contributed by atoms with van der Waals surface area (Å²) in [4.78, 5) is 0. The van der Waals surface area contributed by atoms with E-state index in [-0.39, 0.29) is 5.25 Å². The monoisotopic (exact) mass is 255 g/mol. The van der Waals surface area contributed by atoms with Gasteiger partial charge in [0.05, 0.1) is 5.25 Å². The van der Waals surface area contributed by atoms with E-state index in [1.54, 1.807) is 18.2 Å². The maximum absolute atomic E-state index is 12.0. The molecule has 0 atom stereocenters. The van der Waals surface area contributed by atoms with Gasteiger partial charge in [-0.25, -0.2) is 12.7 Å². The minimum absolute atomic E-state index is 0.349. The highest BCUT2D eigenvalue weighted by Gasteiger charge is 2.23. The zero-order chi connectivity index (χ0) is 12.9. The molecule has 0 heterocycles. The van der Waals surface area contributed by atoms with Gasteiger partial charge in [-0.3, -0.25) is 0 Å². The third-order valence-corrected chi connectivity index (χ3v) is 5.15. The first-order valence-electron chi connectivity index (χ1n) is 6.01. The third-order valence-electron chi connectivity index (χ3n) is 2.80. The molecule has 0 saturated heterocycles. The SMILES string of the molecule is CCN(CCc1ccccc1)S(=O)(=O)C(C)C. The molecular formula is C13H21NO2S. The summed E-state index contributed by atoms with van der Waals surface area (Å²) >= 11 is 0. The van der Waals surface area contributed by atoms with Crippen LogP contribution in [0.15, 0.2) is 30.3 Å². The molecule has 0 aliphatic carbocycles. The van der Waals surface area contributed by atoms with E-state index in [4.69, 9.17) is 0 Å². The van der Waals surface area contributed by atoms with Crippen molar-refractivity contribution in [2.24, 2.45) is 0 Å². The first-order chi connectivity index (χ1) is 7.98. The van der Waals surface area contributed by atoms with Crippen LogP contribution in [0, 0.1) is 0 Å². The predicted molar refractivity (Wildman–Crippen MR) is 71.4 cm³/mol. The molecule has 0 spiro atoms. The molecule has 0 saturated carbocycles. The van der Waals surface area contributed by atoms with Gasteiger partial charge < -0.3 is 0 Å². The second-order valence-electron chi connectivity index (χ2n) is 4.32. The molecule has 1 aromatic rings. The summed E-state index contributed by atoms with van der Waals surface area (Å²) in [5, 5.41) is -0.349. The van der Waals surface area contributed by atoms with Gasteiger partial charge in [0.15, 0.2) is 0 Å². The second kappa shape index (κ2) is 6.17. The average molecular weight is 255 g/mol. The number of rotatable bonds is 6. The van der Waals surface area contributed by atoms with Crippen molar-refractivity contribution < 1.29 is 8.42 Å². The highest BCUT2D eigenvalue weighted by Crippen LogP contribution is 2.10. The quantitative estimate of drug-likeness (QED) is 0.782. The molecule has 0 aromatic heterocycles. The minimum atomic E-state index is -3.13. The van der Waals surface area contributed by atoms with E-state index in [2.05, 4.69) is 0 Å². The fourth-order valence-corrected chi connectivity index (χ4v) is 2.96. The molecule has 0 amide bonds. The Hall–Kier alpha value is -0.870. The van der Waals surface area contributed by atoms with E-state index in [0.717, 1.165) is 6.42 Å². The molecule has 0 fully saturated rings. The Morgan fingerprint density at radius 2 is 1.76 bits per heavy atom. The first-order valence-corrected chi connectivity index (χ1v) is 7.51. The van der Waals surface area contributed by atoms with Gasteiger partial charge in [0.25, 0.3) is 0 Å². The van der Waals surface area contributed by atoms with Crippen LogP contribution in [0.4, 0.5) is 0 Å². The first kappa shape index (κ1) is 14.2. The van der Waals surface area contributed by atoms with Crippen molar-refractivity contribution in [3.63, 3.8) is 0 Å². The lowest BCUT2D eigenvalue weighted by molar-refractivity contribution is 0.425. The van der Waals surface area contributed by atoms with E-state index in [1.807, 2.05) is 37.3 Å². The Morgan fingerprint density at radius 1 is 1.18 bits per heavy atom. The summed E-state index contributed by atoms with van der Waals surface area (Å²) in [6.45, 7) is 6.42. The van der Waals surface area contributed by atoms with Gasteiger partial charge in [-0.15, -0.1) is 0 Å². The van der Waals surface area contributed by atoms with Gasteiger partial charge in [-0.1, -0.05) is 37.3 Å². The van der Waals surface area contributed by atoms with Crippen LogP contribution in [0.3, 0.4) is 0 Å². The summed E-state index contributed by atoms with van der Waals surface area (Å²) in [5.74, 6) is 0. The Balaban J connectivity index is 2.66. The van der Waals surface area contributed by atoms with Crippen LogP contribution >= 0.6 is 0 Å². The lowest BCUT2D eigenvalue weighted by Crippen LogP contribution is -2.37. The van der Waals surface area contributed by atoms with E-state index < -0.39 is 10.0 Å². The molecule has 4 heteroatoms. The molecule has 0 aliphatic rings. The normalized spacial score (nSPS) is 12.3. The Bertz CT molecular complexity index is 426. The van der Waals surface area contributed by atoms with Gasteiger partial charge >= 0.3 is 0 Å². The third kappa shape index (κ3) is 3.82. The van der Waals surface area contributed by atoms with Crippen molar-refractivity contribution in [3.05, 3.63) is 35.9 Å². The van der Waals surface area contributed by atoms with Crippen LogP contribution in [-0.2, 0) is 16.4 Å². The molecule has 1 aromatic carbocycles. The second-order valence-corrected chi connectivity index (χ2v) is 6.81. The van der Waals surface area contributed by atoms with E-state index in [0.29, 0.717) is 13.1 Å². The van der Waals surface area contributed by atoms with Crippen molar-refractivity contribution in [1.82, 2.24) is 4.31 Å². The molecular weight excluding hydrogens is 234 g/mol. The zero-order valence-corrected chi connectivity index (χ0v) is 11.6. The van der Waals surface area contributed by atoms with Gasteiger partial charge in [-0.2, -0.15) is 0 Å². The smallest absolute Gasteiger partial charge is 0.212 e. The Labute approximate surface area is 105 Å². The summed E-state index contributed by atoms with van der Waals surface area (Å²) in [6.07, 6.45) is 0.765. The largest absolute Gasteiger partial charge is 0.216 e. The molecule has 0 aliphatic heterocycles. The lowest BCUT2D eigenvalue weighted by Gasteiger charge is -2.22. The molecule has 3 nitrogen and oxygen atoms in total. The maximum atomic E-state index is 12.0. The summed E-state index contributed by atoms with van der Waals surface area (Å²) < 4.78 is 25.6. The van der Waals surface area contributed by atoms with Gasteiger partial charge in [0, 0.05) is 13.1 Å². The predicted octanol–water partition coefficient (Wildman–Crippen LogP) is 2.29. The molecule has 0 bridgehead atoms. The van der Waals surface area contributed by atoms with Gasteiger partial charge in [0.1, 0.15) is 0 Å². The van der Waals surface area contributed by atoms with Crippen LogP contribution in [-0.4, -0.2) is 31.1 Å². The van der Waals surface area contributed by atoms with Crippen LogP contribution < -0.4 is 0 Å². The molecule has 0 unspecified atom stereocenters.